The summed E-state index contributed by atoms with van der Waals surface area (Å²) in [6.45, 7) is 8.61. The summed E-state index contributed by atoms with van der Waals surface area (Å²) in [5.74, 6) is 0.527. The van der Waals surface area contributed by atoms with Gasteiger partial charge in [0.15, 0.2) is 0 Å². The van der Waals surface area contributed by atoms with E-state index in [1.54, 1.807) is 24.2 Å². The molecule has 0 aromatic heterocycles. The second-order valence-corrected chi connectivity index (χ2v) is 6.85. The van der Waals surface area contributed by atoms with Crippen LogP contribution in [0.25, 0.3) is 0 Å². The molecule has 0 saturated carbocycles. The molecule has 1 aliphatic rings. The van der Waals surface area contributed by atoms with E-state index in [4.69, 9.17) is 0 Å². The van der Waals surface area contributed by atoms with Crippen molar-refractivity contribution in [3.05, 3.63) is 53.1 Å². The van der Waals surface area contributed by atoms with E-state index < -0.39 is 0 Å². The van der Waals surface area contributed by atoms with Crippen molar-refractivity contribution < 1.29 is 49.0 Å². The Morgan fingerprint density at radius 2 is 1.61 bits per heavy atom. The standard InChI is InChI=1S/C12H13.C3H6.2ClH.Zr/c1-9-7-8-12(10(9)2)11-5-3-4-6-11;1-3-2;;;/h3-8,11H,1-2H3;1-2H3;2*1H;/q-1;;;;+2/p-2. The van der Waals surface area contributed by atoms with Crippen molar-refractivity contribution >= 4 is 3.21 Å². The predicted molar refractivity (Wildman–Crippen MR) is 68.9 cm³/mol. The smallest absolute Gasteiger partial charge is 0.0344 e. The topological polar surface area (TPSA) is 0 Å². The molecular formula is C15H19Cl2Zr-. The van der Waals surface area contributed by atoms with Gasteiger partial charge in [-0.05, 0) is 5.92 Å². The predicted octanol–water partition coefficient (Wildman–Crippen LogP) is -2.01. The third-order valence-electron chi connectivity index (χ3n) is 2.64. The van der Waals surface area contributed by atoms with E-state index in [0.717, 1.165) is 0 Å². The second kappa shape index (κ2) is 10.0. The summed E-state index contributed by atoms with van der Waals surface area (Å²) in [5, 5.41) is 0. The summed E-state index contributed by atoms with van der Waals surface area (Å²) < 4.78 is 1.51. The van der Waals surface area contributed by atoms with Crippen molar-refractivity contribution in [2.45, 2.75) is 33.6 Å². The molecule has 0 bridgehead atoms. The van der Waals surface area contributed by atoms with Gasteiger partial charge >= 0.3 is 41.3 Å². The minimum Gasteiger partial charge on any atom is -1.00 e. The maximum absolute atomic E-state index is 2.24. The minimum absolute atomic E-state index is 0. The zero-order chi connectivity index (χ0) is 12.1. The van der Waals surface area contributed by atoms with E-state index in [1.165, 1.54) is 19.9 Å². The van der Waals surface area contributed by atoms with Gasteiger partial charge in [0.05, 0.1) is 0 Å². The summed E-state index contributed by atoms with van der Waals surface area (Å²) in [5.41, 5.74) is 4.30. The third-order valence-corrected chi connectivity index (χ3v) is 2.64. The average molecular weight is 361 g/mol. The third kappa shape index (κ3) is 6.36. The van der Waals surface area contributed by atoms with Crippen LogP contribution in [0.15, 0.2) is 36.4 Å². The first-order valence-electron chi connectivity index (χ1n) is 5.62. The van der Waals surface area contributed by atoms with E-state index in [0.29, 0.717) is 5.92 Å². The van der Waals surface area contributed by atoms with Gasteiger partial charge in [0.25, 0.3) is 0 Å². The van der Waals surface area contributed by atoms with Crippen molar-refractivity contribution in [1.29, 1.82) is 0 Å². The van der Waals surface area contributed by atoms with E-state index in [1.807, 2.05) is 0 Å². The van der Waals surface area contributed by atoms with Crippen LogP contribution in [0.2, 0.25) is 0 Å². The number of hydrogen-bond donors (Lipinski definition) is 0. The zero-order valence-electron chi connectivity index (χ0n) is 11.3. The Hall–Kier alpha value is 0.163. The molecule has 0 radical (unpaired) electrons. The number of aryl methyl sites for hydroxylation is 1. The molecule has 0 fully saturated rings. The van der Waals surface area contributed by atoms with Gasteiger partial charge in [-0.25, -0.2) is 6.07 Å². The fourth-order valence-electron chi connectivity index (χ4n) is 1.69. The molecule has 2 rings (SSSR count). The summed E-state index contributed by atoms with van der Waals surface area (Å²) in [6.07, 6.45) is 8.71. The zero-order valence-corrected chi connectivity index (χ0v) is 15.3. The summed E-state index contributed by atoms with van der Waals surface area (Å²) in [7, 11) is 0. The van der Waals surface area contributed by atoms with Gasteiger partial charge in [0.1, 0.15) is 0 Å². The van der Waals surface area contributed by atoms with Crippen LogP contribution in [0, 0.1) is 13.8 Å². The van der Waals surface area contributed by atoms with Gasteiger partial charge in [-0.3, -0.25) is 0 Å². The SMILES string of the molecule is C[C](C)=[Zr+2].Cc1c(C2C=CC=C2)cc[c-]1C.[Cl-].[Cl-]. The van der Waals surface area contributed by atoms with Crippen molar-refractivity contribution in [2.75, 3.05) is 0 Å². The van der Waals surface area contributed by atoms with Crippen LogP contribution < -0.4 is 24.8 Å². The molecule has 0 unspecified atom stereocenters. The Bertz CT molecular complexity index is 412. The summed E-state index contributed by atoms with van der Waals surface area (Å²) in [4.78, 5) is 0. The monoisotopic (exact) mass is 359 g/mol. The van der Waals surface area contributed by atoms with Crippen LogP contribution in [0.1, 0.15) is 36.5 Å². The van der Waals surface area contributed by atoms with Gasteiger partial charge in [0.2, 0.25) is 0 Å². The van der Waals surface area contributed by atoms with Crippen molar-refractivity contribution in [3.63, 3.8) is 0 Å². The molecule has 0 N–H and O–H groups in total. The second-order valence-electron chi connectivity index (χ2n) is 4.39. The normalized spacial score (nSPS) is 12.3. The molecule has 98 valence electrons. The number of hydrogen-bond acceptors (Lipinski definition) is 0. The Morgan fingerprint density at radius 3 is 1.94 bits per heavy atom. The van der Waals surface area contributed by atoms with Crippen LogP contribution in [0.5, 0.6) is 0 Å². The molecule has 0 atom stereocenters. The molecule has 0 amide bonds. The molecular weight excluding hydrogens is 342 g/mol. The van der Waals surface area contributed by atoms with Crippen molar-refractivity contribution in [3.8, 4) is 0 Å². The molecule has 0 aliphatic heterocycles. The Labute approximate surface area is 138 Å². The van der Waals surface area contributed by atoms with Crippen LogP contribution in [0.3, 0.4) is 0 Å². The van der Waals surface area contributed by atoms with Crippen LogP contribution in [-0.4, -0.2) is 3.21 Å². The van der Waals surface area contributed by atoms with Crippen molar-refractivity contribution in [1.82, 2.24) is 0 Å². The van der Waals surface area contributed by atoms with E-state index in [2.05, 4.69) is 64.1 Å². The number of halogens is 2. The van der Waals surface area contributed by atoms with Gasteiger partial charge in [-0.1, -0.05) is 38.2 Å². The minimum atomic E-state index is 0. The fraction of sp³-hybridized carbons (Fsp3) is 0.333. The molecule has 0 heterocycles. The van der Waals surface area contributed by atoms with Gasteiger partial charge in [-0.15, -0.1) is 0 Å². The molecule has 1 aliphatic carbocycles. The van der Waals surface area contributed by atoms with E-state index >= 15 is 0 Å². The molecule has 0 spiro atoms. The average Bonchev–Trinajstić information content (AvgIpc) is 2.77. The Kier molecular flexibility index (Phi) is 11.4. The van der Waals surface area contributed by atoms with Gasteiger partial charge in [0, 0.05) is 0 Å². The first-order chi connectivity index (χ1) is 7.52. The molecule has 18 heavy (non-hydrogen) atoms. The van der Waals surface area contributed by atoms with Crippen LogP contribution in [-0.2, 0) is 24.2 Å². The van der Waals surface area contributed by atoms with Crippen LogP contribution in [0.4, 0.5) is 0 Å². The van der Waals surface area contributed by atoms with E-state index in [-0.39, 0.29) is 24.8 Å². The molecule has 1 aromatic carbocycles. The molecule has 3 heteroatoms. The number of allylic oxidation sites excluding steroid dienone is 4. The van der Waals surface area contributed by atoms with Crippen molar-refractivity contribution in [2.24, 2.45) is 0 Å². The van der Waals surface area contributed by atoms with Gasteiger partial charge < -0.3 is 24.8 Å². The maximum atomic E-state index is 2.24. The van der Waals surface area contributed by atoms with E-state index in [9.17, 15) is 0 Å². The summed E-state index contributed by atoms with van der Waals surface area (Å²) >= 11 is 1.55. The molecule has 0 nitrogen and oxygen atoms in total. The van der Waals surface area contributed by atoms with Gasteiger partial charge in [-0.2, -0.15) is 22.8 Å². The Balaban J connectivity index is 0. The summed E-state index contributed by atoms with van der Waals surface area (Å²) in [6, 6.07) is 4.43. The first-order valence-corrected chi connectivity index (χ1v) is 6.85. The fourth-order valence-corrected chi connectivity index (χ4v) is 1.69. The molecule has 1 aromatic rings. The largest absolute Gasteiger partial charge is 1.00 e. The molecule has 0 saturated heterocycles. The number of rotatable bonds is 1. The van der Waals surface area contributed by atoms with Crippen LogP contribution >= 0.6 is 0 Å². The first kappa shape index (κ1) is 20.5. The Morgan fingerprint density at radius 1 is 1.17 bits per heavy atom. The quantitative estimate of drug-likeness (QED) is 0.507. The maximum Gasteiger partial charge on any atom is -0.0344 e.